The summed E-state index contributed by atoms with van der Waals surface area (Å²) in [5.74, 6) is 4.43. The first kappa shape index (κ1) is 26.3. The minimum Gasteiger partial charge on any atom is -0.497 e. The van der Waals surface area contributed by atoms with E-state index in [0.29, 0.717) is 30.5 Å². The number of nitrogens with zero attached hydrogens (tertiary/aromatic N) is 3. The highest BCUT2D eigenvalue weighted by atomic mass is 16.5. The van der Waals surface area contributed by atoms with Crippen LogP contribution in [0.5, 0.6) is 17.4 Å². The molecular weight excluding hydrogens is 442 g/mol. The molecule has 0 aliphatic heterocycles. The van der Waals surface area contributed by atoms with Gasteiger partial charge in [0.15, 0.2) is 0 Å². The number of rotatable bonds is 13. The van der Waals surface area contributed by atoms with E-state index >= 15 is 0 Å². The fourth-order valence-electron chi connectivity index (χ4n) is 3.78. The third-order valence-electron chi connectivity index (χ3n) is 5.91. The van der Waals surface area contributed by atoms with Crippen molar-refractivity contribution >= 4 is 0 Å². The number of aromatic nitrogens is 2. The van der Waals surface area contributed by atoms with Crippen molar-refractivity contribution in [3.05, 3.63) is 65.9 Å². The minimum absolute atomic E-state index is 0.182. The summed E-state index contributed by atoms with van der Waals surface area (Å²) in [5, 5.41) is 15.4. The van der Waals surface area contributed by atoms with Gasteiger partial charge in [0.25, 0.3) is 0 Å². The normalized spacial score (nSPS) is 12.8. The number of aryl methyl sites for hydroxylation is 1. The molecule has 3 aromatic rings. The minimum atomic E-state index is -0.662. The molecule has 3 rings (SSSR count). The summed E-state index contributed by atoms with van der Waals surface area (Å²) >= 11 is 0. The lowest BCUT2D eigenvalue weighted by atomic mass is 10.1. The number of aliphatic hydroxyl groups is 1. The zero-order valence-corrected chi connectivity index (χ0v) is 21.0. The predicted molar refractivity (Wildman–Crippen MR) is 137 cm³/mol. The highest BCUT2D eigenvalue weighted by Crippen LogP contribution is 2.33. The van der Waals surface area contributed by atoms with Gasteiger partial charge in [0.1, 0.15) is 18.1 Å². The molecule has 2 aromatic carbocycles. The van der Waals surface area contributed by atoms with E-state index < -0.39 is 6.10 Å². The number of ether oxygens (including phenoxy) is 3. The van der Waals surface area contributed by atoms with Crippen LogP contribution in [0.4, 0.5) is 0 Å². The number of terminal acetylenes is 1. The van der Waals surface area contributed by atoms with Crippen molar-refractivity contribution in [2.45, 2.75) is 45.9 Å². The van der Waals surface area contributed by atoms with E-state index in [1.165, 1.54) is 0 Å². The van der Waals surface area contributed by atoms with Crippen molar-refractivity contribution in [2.24, 2.45) is 0 Å². The van der Waals surface area contributed by atoms with Gasteiger partial charge in [-0.1, -0.05) is 37.1 Å². The van der Waals surface area contributed by atoms with E-state index in [1.807, 2.05) is 66.2 Å². The van der Waals surface area contributed by atoms with Crippen molar-refractivity contribution in [1.82, 2.24) is 14.7 Å². The number of para-hydroxylation sites is 1. The third-order valence-corrected chi connectivity index (χ3v) is 5.91. The van der Waals surface area contributed by atoms with Gasteiger partial charge in [-0.3, -0.25) is 4.90 Å². The molecule has 0 saturated heterocycles. The predicted octanol–water partition coefficient (Wildman–Crippen LogP) is 4.59. The Morgan fingerprint density at radius 3 is 2.57 bits per heavy atom. The number of aliphatic hydroxyl groups excluding tert-OH is 1. The van der Waals surface area contributed by atoms with Crippen molar-refractivity contribution in [3.8, 4) is 35.4 Å². The Kier molecular flexibility index (Phi) is 9.74. The van der Waals surface area contributed by atoms with Gasteiger partial charge >= 0.3 is 0 Å². The van der Waals surface area contributed by atoms with Crippen LogP contribution >= 0.6 is 0 Å². The van der Waals surface area contributed by atoms with Crippen LogP contribution in [-0.2, 0) is 11.3 Å². The highest BCUT2D eigenvalue weighted by Gasteiger charge is 2.24. The van der Waals surface area contributed by atoms with Gasteiger partial charge in [-0.05, 0) is 44.5 Å². The van der Waals surface area contributed by atoms with Crippen molar-refractivity contribution in [3.63, 3.8) is 0 Å². The van der Waals surface area contributed by atoms with Crippen LogP contribution < -0.4 is 9.47 Å². The lowest BCUT2D eigenvalue weighted by molar-refractivity contribution is 0.0168. The molecule has 0 aliphatic rings. The molecule has 0 radical (unpaired) electrons. The molecule has 0 spiro atoms. The van der Waals surface area contributed by atoms with Crippen molar-refractivity contribution in [2.75, 3.05) is 26.9 Å². The third kappa shape index (κ3) is 7.09. The maximum atomic E-state index is 10.6. The summed E-state index contributed by atoms with van der Waals surface area (Å²) in [5.41, 5.74) is 2.71. The van der Waals surface area contributed by atoms with Gasteiger partial charge < -0.3 is 19.3 Å². The van der Waals surface area contributed by atoms with Gasteiger partial charge in [-0.15, -0.1) is 6.42 Å². The quantitative estimate of drug-likeness (QED) is 0.287. The molecule has 1 N–H and O–H groups in total. The molecule has 0 unspecified atom stereocenters. The maximum absolute atomic E-state index is 10.6. The Labute approximate surface area is 208 Å². The topological polar surface area (TPSA) is 69.0 Å². The van der Waals surface area contributed by atoms with Gasteiger partial charge in [0, 0.05) is 25.2 Å². The van der Waals surface area contributed by atoms with Crippen molar-refractivity contribution < 1.29 is 19.3 Å². The lowest BCUT2D eigenvalue weighted by Gasteiger charge is -2.30. The van der Waals surface area contributed by atoms with Crippen molar-refractivity contribution in [1.29, 1.82) is 0 Å². The largest absolute Gasteiger partial charge is 0.497 e. The average molecular weight is 478 g/mol. The van der Waals surface area contributed by atoms with Gasteiger partial charge in [-0.2, -0.15) is 5.10 Å². The SMILES string of the molecule is C#CCOC[C@H](O)CN(Cc1c(C)nn(-c2ccccc2)c1Oc1cccc(OC)c1)[C@@H](C)CC. The van der Waals surface area contributed by atoms with Crippen LogP contribution in [0.15, 0.2) is 54.6 Å². The first-order valence-corrected chi connectivity index (χ1v) is 11.9. The molecule has 0 fully saturated rings. The Balaban J connectivity index is 1.97. The first-order chi connectivity index (χ1) is 17.0. The van der Waals surface area contributed by atoms with E-state index in [1.54, 1.807) is 7.11 Å². The second-order valence-electron chi connectivity index (χ2n) is 8.46. The second-order valence-corrected chi connectivity index (χ2v) is 8.46. The Morgan fingerprint density at radius 1 is 1.14 bits per heavy atom. The van der Waals surface area contributed by atoms with Crippen LogP contribution in [-0.4, -0.2) is 58.8 Å². The molecule has 1 heterocycles. The van der Waals surface area contributed by atoms with Crippen LogP contribution in [0.2, 0.25) is 0 Å². The lowest BCUT2D eigenvalue weighted by Crippen LogP contribution is -2.40. The molecule has 186 valence electrons. The summed E-state index contributed by atoms with van der Waals surface area (Å²) in [6.45, 7) is 7.62. The molecule has 0 aliphatic carbocycles. The number of methoxy groups -OCH3 is 1. The van der Waals surface area contributed by atoms with E-state index in [2.05, 4.69) is 24.7 Å². The molecule has 7 nitrogen and oxygen atoms in total. The molecular formula is C28H35N3O4. The summed E-state index contributed by atoms with van der Waals surface area (Å²) < 4.78 is 19.0. The molecule has 0 amide bonds. The monoisotopic (exact) mass is 477 g/mol. The zero-order valence-electron chi connectivity index (χ0n) is 21.0. The first-order valence-electron chi connectivity index (χ1n) is 11.9. The summed E-state index contributed by atoms with van der Waals surface area (Å²) in [6.07, 6.45) is 5.52. The van der Waals surface area contributed by atoms with E-state index in [-0.39, 0.29) is 19.3 Å². The van der Waals surface area contributed by atoms with E-state index in [0.717, 1.165) is 23.4 Å². The van der Waals surface area contributed by atoms with E-state index in [4.69, 9.17) is 25.7 Å². The van der Waals surface area contributed by atoms with Crippen LogP contribution in [0, 0.1) is 19.3 Å². The molecule has 1 aromatic heterocycles. The number of hydrogen-bond donors (Lipinski definition) is 1. The average Bonchev–Trinajstić information content (AvgIpc) is 3.18. The fourth-order valence-corrected chi connectivity index (χ4v) is 3.78. The molecule has 2 atom stereocenters. The van der Waals surface area contributed by atoms with Gasteiger partial charge in [-0.25, -0.2) is 4.68 Å². The van der Waals surface area contributed by atoms with Crippen LogP contribution in [0.3, 0.4) is 0 Å². The fraction of sp³-hybridized carbons (Fsp3) is 0.393. The molecule has 7 heteroatoms. The Morgan fingerprint density at radius 2 is 1.89 bits per heavy atom. The van der Waals surface area contributed by atoms with E-state index in [9.17, 15) is 5.11 Å². The second kappa shape index (κ2) is 13.0. The van der Waals surface area contributed by atoms with Gasteiger partial charge in [0.2, 0.25) is 5.88 Å². The standard InChI is InChI=1S/C28H35N3O4/c1-6-16-34-20-24(32)18-30(21(3)7-2)19-27-22(4)29-31(23-12-9-8-10-13-23)28(27)35-26-15-11-14-25(17-26)33-5/h1,8-15,17,21,24,32H,7,16,18-20H2,2-5H3/t21-,24+/m0/s1. The Hall–Kier alpha value is -3.31. The zero-order chi connectivity index (χ0) is 25.2. The molecule has 35 heavy (non-hydrogen) atoms. The molecule has 0 bridgehead atoms. The molecule has 0 saturated carbocycles. The van der Waals surface area contributed by atoms with Crippen LogP contribution in [0.1, 0.15) is 31.5 Å². The summed E-state index contributed by atoms with van der Waals surface area (Å²) in [7, 11) is 1.63. The number of benzene rings is 2. The Bertz CT molecular complexity index is 1110. The van der Waals surface area contributed by atoms with Crippen LogP contribution in [0.25, 0.3) is 5.69 Å². The maximum Gasteiger partial charge on any atom is 0.227 e. The summed E-state index contributed by atoms with van der Waals surface area (Å²) in [6, 6.07) is 17.6. The van der Waals surface area contributed by atoms with Gasteiger partial charge in [0.05, 0.1) is 36.8 Å². The smallest absolute Gasteiger partial charge is 0.227 e. The number of hydrogen-bond acceptors (Lipinski definition) is 6. The summed E-state index contributed by atoms with van der Waals surface area (Å²) in [4.78, 5) is 2.22. The highest BCUT2D eigenvalue weighted by molar-refractivity contribution is 5.44.